The molecule has 1 aromatic carbocycles. The molecule has 0 unspecified atom stereocenters. The molecule has 4 aromatic rings. The number of amides is 1. The SMILES string of the molecule is Cc1cc2occ(CC(=O)N3CCN(c4oc(-c5ccco5)nc4C#N)CC3)c2cc1C. The smallest absolute Gasteiger partial charge is 0.266 e. The van der Waals surface area contributed by atoms with Gasteiger partial charge in [0, 0.05) is 37.1 Å². The zero-order valence-corrected chi connectivity index (χ0v) is 17.9. The number of nitrogens with zero attached hydrogens (tertiary/aromatic N) is 4. The number of rotatable bonds is 4. The second kappa shape index (κ2) is 7.93. The van der Waals surface area contributed by atoms with Gasteiger partial charge in [0.2, 0.25) is 17.5 Å². The first-order valence-corrected chi connectivity index (χ1v) is 10.5. The van der Waals surface area contributed by atoms with Gasteiger partial charge < -0.3 is 23.1 Å². The van der Waals surface area contributed by atoms with E-state index in [9.17, 15) is 10.1 Å². The molecule has 5 rings (SSSR count). The van der Waals surface area contributed by atoms with Gasteiger partial charge in [-0.2, -0.15) is 10.2 Å². The highest BCUT2D eigenvalue weighted by Crippen LogP contribution is 2.29. The van der Waals surface area contributed by atoms with Gasteiger partial charge in [0.25, 0.3) is 5.89 Å². The van der Waals surface area contributed by atoms with Crippen molar-refractivity contribution in [2.75, 3.05) is 31.1 Å². The van der Waals surface area contributed by atoms with Crippen LogP contribution in [0.4, 0.5) is 5.88 Å². The summed E-state index contributed by atoms with van der Waals surface area (Å²) in [5.41, 5.74) is 4.27. The number of hydrogen-bond donors (Lipinski definition) is 0. The molecule has 1 fully saturated rings. The number of oxazole rings is 1. The molecule has 0 saturated carbocycles. The van der Waals surface area contributed by atoms with E-state index in [1.54, 1.807) is 18.4 Å². The summed E-state index contributed by atoms with van der Waals surface area (Å²) in [6.07, 6.45) is 3.51. The maximum Gasteiger partial charge on any atom is 0.266 e. The molecule has 0 bridgehead atoms. The number of aromatic nitrogens is 1. The maximum absolute atomic E-state index is 13.0. The highest BCUT2D eigenvalue weighted by atomic mass is 16.4. The van der Waals surface area contributed by atoms with Crippen LogP contribution in [-0.4, -0.2) is 42.0 Å². The normalized spacial score (nSPS) is 14.2. The molecule has 0 atom stereocenters. The molecule has 1 aliphatic heterocycles. The van der Waals surface area contributed by atoms with Crippen LogP contribution >= 0.6 is 0 Å². The van der Waals surface area contributed by atoms with Crippen LogP contribution < -0.4 is 4.90 Å². The quantitative estimate of drug-likeness (QED) is 0.481. The molecule has 0 spiro atoms. The van der Waals surface area contributed by atoms with Gasteiger partial charge in [0.1, 0.15) is 11.7 Å². The van der Waals surface area contributed by atoms with Gasteiger partial charge in [0.05, 0.1) is 18.9 Å². The van der Waals surface area contributed by atoms with Crippen molar-refractivity contribution in [2.24, 2.45) is 0 Å². The van der Waals surface area contributed by atoms with E-state index < -0.39 is 0 Å². The van der Waals surface area contributed by atoms with E-state index in [1.807, 2.05) is 22.8 Å². The molecular weight excluding hydrogens is 408 g/mol. The third kappa shape index (κ3) is 3.52. The third-order valence-corrected chi connectivity index (χ3v) is 5.98. The standard InChI is InChI=1S/C24H22N4O4/c1-15-10-18-17(14-31-21(18)11-16(15)2)12-22(29)27-5-7-28(8-6-27)24-19(13-25)26-23(32-24)20-4-3-9-30-20/h3-4,9-11,14H,5-8,12H2,1-2H3. The molecule has 8 heteroatoms. The summed E-state index contributed by atoms with van der Waals surface area (Å²) < 4.78 is 16.8. The minimum Gasteiger partial charge on any atom is -0.464 e. The number of piperazine rings is 1. The van der Waals surface area contributed by atoms with Crippen molar-refractivity contribution in [3.8, 4) is 17.7 Å². The third-order valence-electron chi connectivity index (χ3n) is 5.98. The van der Waals surface area contributed by atoms with Gasteiger partial charge in [-0.05, 0) is 49.2 Å². The Bertz CT molecular complexity index is 1320. The molecule has 3 aromatic heterocycles. The lowest BCUT2D eigenvalue weighted by Crippen LogP contribution is -2.49. The average Bonchev–Trinajstić information content (AvgIpc) is 3.55. The highest BCUT2D eigenvalue weighted by molar-refractivity contribution is 5.88. The lowest BCUT2D eigenvalue weighted by atomic mass is 10.0. The summed E-state index contributed by atoms with van der Waals surface area (Å²) >= 11 is 0. The minimum atomic E-state index is 0.0555. The zero-order chi connectivity index (χ0) is 22.2. The largest absolute Gasteiger partial charge is 0.464 e. The molecule has 1 aliphatic rings. The molecule has 4 heterocycles. The number of nitriles is 1. The molecule has 1 amide bonds. The van der Waals surface area contributed by atoms with Gasteiger partial charge >= 0.3 is 0 Å². The average molecular weight is 430 g/mol. The van der Waals surface area contributed by atoms with Gasteiger partial charge in [0.15, 0.2) is 5.76 Å². The van der Waals surface area contributed by atoms with Crippen LogP contribution in [0.3, 0.4) is 0 Å². The Kier molecular flexibility index (Phi) is 4.94. The Labute approximate surface area is 184 Å². The first kappa shape index (κ1) is 19.9. The van der Waals surface area contributed by atoms with Gasteiger partial charge in [-0.3, -0.25) is 4.79 Å². The molecule has 162 valence electrons. The van der Waals surface area contributed by atoms with E-state index in [-0.39, 0.29) is 17.5 Å². The van der Waals surface area contributed by atoms with Crippen LogP contribution in [0.15, 0.2) is 50.0 Å². The number of carbonyl (C=O) groups is 1. The topological polar surface area (TPSA) is 99.7 Å². The zero-order valence-electron chi connectivity index (χ0n) is 17.9. The summed E-state index contributed by atoms with van der Waals surface area (Å²) in [7, 11) is 0. The van der Waals surface area contributed by atoms with Crippen molar-refractivity contribution in [2.45, 2.75) is 20.3 Å². The highest BCUT2D eigenvalue weighted by Gasteiger charge is 2.27. The van der Waals surface area contributed by atoms with Crippen LogP contribution in [-0.2, 0) is 11.2 Å². The van der Waals surface area contributed by atoms with Crippen LogP contribution in [0, 0.1) is 25.2 Å². The lowest BCUT2D eigenvalue weighted by Gasteiger charge is -2.34. The molecule has 32 heavy (non-hydrogen) atoms. The Morgan fingerprint density at radius 3 is 2.66 bits per heavy atom. The summed E-state index contributed by atoms with van der Waals surface area (Å²) in [4.78, 5) is 21.0. The molecule has 0 aliphatic carbocycles. The summed E-state index contributed by atoms with van der Waals surface area (Å²) in [6.45, 7) is 6.28. The lowest BCUT2D eigenvalue weighted by molar-refractivity contribution is -0.130. The number of furan rings is 2. The van der Waals surface area contributed by atoms with Crippen molar-refractivity contribution in [3.05, 3.63) is 59.2 Å². The summed E-state index contributed by atoms with van der Waals surface area (Å²) in [5, 5.41) is 10.5. The number of hydrogen-bond acceptors (Lipinski definition) is 7. The van der Waals surface area contributed by atoms with Crippen molar-refractivity contribution >= 4 is 22.8 Å². The predicted octanol–water partition coefficient (Wildman–Crippen LogP) is 4.06. The van der Waals surface area contributed by atoms with Crippen LogP contribution in [0.1, 0.15) is 22.4 Å². The van der Waals surface area contributed by atoms with Gasteiger partial charge in [-0.25, -0.2) is 0 Å². The van der Waals surface area contributed by atoms with Crippen LogP contribution in [0.2, 0.25) is 0 Å². The van der Waals surface area contributed by atoms with E-state index >= 15 is 0 Å². The van der Waals surface area contributed by atoms with E-state index in [4.69, 9.17) is 13.3 Å². The van der Waals surface area contributed by atoms with Crippen LogP contribution in [0.25, 0.3) is 22.6 Å². The fraction of sp³-hybridized carbons (Fsp3) is 0.292. The first-order chi connectivity index (χ1) is 15.5. The summed E-state index contributed by atoms with van der Waals surface area (Å²) in [5.74, 6) is 1.22. The molecule has 8 nitrogen and oxygen atoms in total. The van der Waals surface area contributed by atoms with Crippen molar-refractivity contribution in [1.29, 1.82) is 5.26 Å². The number of fused-ring (bicyclic) bond motifs is 1. The molecule has 0 radical (unpaired) electrons. The van der Waals surface area contributed by atoms with Crippen molar-refractivity contribution in [1.82, 2.24) is 9.88 Å². The Balaban J connectivity index is 1.27. The van der Waals surface area contributed by atoms with Crippen LogP contribution in [0.5, 0.6) is 0 Å². The van der Waals surface area contributed by atoms with E-state index in [0.717, 1.165) is 16.5 Å². The van der Waals surface area contributed by atoms with E-state index in [1.165, 1.54) is 17.4 Å². The number of aryl methyl sites for hydroxylation is 2. The molecule has 1 saturated heterocycles. The number of benzene rings is 1. The Morgan fingerprint density at radius 1 is 1.16 bits per heavy atom. The van der Waals surface area contributed by atoms with Gasteiger partial charge in [-0.1, -0.05) is 0 Å². The fourth-order valence-electron chi connectivity index (χ4n) is 4.01. The Hall–Kier alpha value is -3.99. The predicted molar refractivity (Wildman–Crippen MR) is 117 cm³/mol. The minimum absolute atomic E-state index is 0.0555. The second-order valence-electron chi connectivity index (χ2n) is 8.00. The molecule has 0 N–H and O–H groups in total. The second-order valence-corrected chi connectivity index (χ2v) is 8.00. The van der Waals surface area contributed by atoms with Crippen molar-refractivity contribution < 1.29 is 18.0 Å². The van der Waals surface area contributed by atoms with E-state index in [0.29, 0.717) is 44.2 Å². The monoisotopic (exact) mass is 430 g/mol. The number of carbonyl (C=O) groups excluding carboxylic acids is 1. The van der Waals surface area contributed by atoms with E-state index in [2.05, 4.69) is 24.0 Å². The Morgan fingerprint density at radius 2 is 1.94 bits per heavy atom. The first-order valence-electron chi connectivity index (χ1n) is 10.5. The van der Waals surface area contributed by atoms with Crippen molar-refractivity contribution in [3.63, 3.8) is 0 Å². The van der Waals surface area contributed by atoms with Gasteiger partial charge in [-0.15, -0.1) is 0 Å². The maximum atomic E-state index is 13.0. The fourth-order valence-corrected chi connectivity index (χ4v) is 4.01. The number of anilines is 1. The molecular formula is C24H22N4O4. The summed E-state index contributed by atoms with van der Waals surface area (Å²) in [6, 6.07) is 9.65.